The van der Waals surface area contributed by atoms with Crippen molar-refractivity contribution in [1.82, 2.24) is 0 Å². The Morgan fingerprint density at radius 2 is 1.63 bits per heavy atom. The van der Waals surface area contributed by atoms with Crippen molar-refractivity contribution >= 4 is 17.6 Å². The van der Waals surface area contributed by atoms with Crippen LogP contribution in [-0.4, -0.2) is 36.8 Å². The average molecular weight is 373 g/mol. The lowest BCUT2D eigenvalue weighted by Gasteiger charge is -2.13. The molecule has 0 aliphatic rings. The Morgan fingerprint density at radius 3 is 2.26 bits per heavy atom. The number of ether oxygens (including phenoxy) is 3. The van der Waals surface area contributed by atoms with Gasteiger partial charge in [-0.2, -0.15) is 0 Å². The number of carbonyl (C=O) groups is 2. The summed E-state index contributed by atoms with van der Waals surface area (Å²) in [4.78, 5) is 24.0. The number of rotatable bonds is 9. The van der Waals surface area contributed by atoms with E-state index in [1.807, 2.05) is 13.8 Å². The van der Waals surface area contributed by atoms with Gasteiger partial charge in [0.1, 0.15) is 0 Å². The lowest BCUT2D eigenvalue weighted by molar-refractivity contribution is -0.119. The molecule has 2 aromatic rings. The van der Waals surface area contributed by atoms with Crippen molar-refractivity contribution in [2.75, 3.05) is 25.1 Å². The molecule has 1 amide bonds. The van der Waals surface area contributed by atoms with E-state index >= 15 is 0 Å². The topological polar surface area (TPSA) is 94.1 Å². The van der Waals surface area contributed by atoms with Crippen molar-refractivity contribution < 1.29 is 28.9 Å². The van der Waals surface area contributed by atoms with Crippen molar-refractivity contribution in [3.8, 4) is 11.5 Å². The van der Waals surface area contributed by atoms with E-state index < -0.39 is 18.5 Å². The number of aliphatic hydroxyl groups is 1. The SMILES string of the molecule is CCOc1ccc(NC(=O)COC(=O)c2ccc(CO)cc2)cc1OCC. The Bertz CT molecular complexity index is 773. The molecule has 0 heterocycles. The molecular weight excluding hydrogens is 350 g/mol. The van der Waals surface area contributed by atoms with E-state index in [9.17, 15) is 9.59 Å². The molecule has 0 aliphatic carbocycles. The normalized spacial score (nSPS) is 10.2. The Labute approximate surface area is 157 Å². The van der Waals surface area contributed by atoms with Crippen LogP contribution in [0.3, 0.4) is 0 Å². The highest BCUT2D eigenvalue weighted by Crippen LogP contribution is 2.30. The fraction of sp³-hybridized carbons (Fsp3) is 0.300. The van der Waals surface area contributed by atoms with Gasteiger partial charge in [-0.15, -0.1) is 0 Å². The number of hydrogen-bond acceptors (Lipinski definition) is 6. The van der Waals surface area contributed by atoms with Crippen molar-refractivity contribution in [3.63, 3.8) is 0 Å². The third-order valence-electron chi connectivity index (χ3n) is 3.53. The van der Waals surface area contributed by atoms with E-state index in [4.69, 9.17) is 19.3 Å². The highest BCUT2D eigenvalue weighted by Gasteiger charge is 2.12. The quantitative estimate of drug-likeness (QED) is 0.657. The van der Waals surface area contributed by atoms with Crippen LogP contribution < -0.4 is 14.8 Å². The number of benzene rings is 2. The minimum Gasteiger partial charge on any atom is -0.490 e. The van der Waals surface area contributed by atoms with Crippen molar-refractivity contribution in [2.45, 2.75) is 20.5 Å². The summed E-state index contributed by atoms with van der Waals surface area (Å²) in [5.74, 6) is 0.0338. The second kappa shape index (κ2) is 10.2. The second-order valence-corrected chi connectivity index (χ2v) is 5.51. The molecule has 0 unspecified atom stereocenters. The molecule has 2 N–H and O–H groups in total. The number of aliphatic hydroxyl groups excluding tert-OH is 1. The predicted molar refractivity (Wildman–Crippen MR) is 100 cm³/mol. The first kappa shape index (κ1) is 20.3. The summed E-state index contributed by atoms with van der Waals surface area (Å²) < 4.78 is 16.0. The van der Waals surface area contributed by atoms with Gasteiger partial charge in [0.15, 0.2) is 18.1 Å². The van der Waals surface area contributed by atoms with Crippen LogP contribution in [0.1, 0.15) is 29.8 Å². The van der Waals surface area contributed by atoms with Crippen LogP contribution in [-0.2, 0) is 16.1 Å². The van der Waals surface area contributed by atoms with E-state index in [1.165, 1.54) is 12.1 Å². The summed E-state index contributed by atoms with van der Waals surface area (Å²) in [5.41, 5.74) is 1.50. The monoisotopic (exact) mass is 373 g/mol. The summed E-state index contributed by atoms with van der Waals surface area (Å²) in [6.45, 7) is 4.16. The fourth-order valence-corrected chi connectivity index (χ4v) is 2.29. The zero-order valence-electron chi connectivity index (χ0n) is 15.4. The molecule has 144 valence electrons. The van der Waals surface area contributed by atoms with E-state index in [2.05, 4.69) is 5.32 Å². The highest BCUT2D eigenvalue weighted by molar-refractivity contribution is 5.95. The third-order valence-corrected chi connectivity index (χ3v) is 3.53. The Morgan fingerprint density at radius 1 is 0.963 bits per heavy atom. The second-order valence-electron chi connectivity index (χ2n) is 5.51. The largest absolute Gasteiger partial charge is 0.490 e. The minimum absolute atomic E-state index is 0.108. The highest BCUT2D eigenvalue weighted by atomic mass is 16.5. The molecule has 0 saturated heterocycles. The molecule has 7 heteroatoms. The Hall–Kier alpha value is -3.06. The first-order chi connectivity index (χ1) is 13.1. The number of anilines is 1. The van der Waals surface area contributed by atoms with Gasteiger partial charge in [0.05, 0.1) is 25.4 Å². The molecule has 0 aromatic heterocycles. The van der Waals surface area contributed by atoms with Crippen LogP contribution >= 0.6 is 0 Å². The van der Waals surface area contributed by atoms with Crippen LogP contribution in [0.25, 0.3) is 0 Å². The van der Waals surface area contributed by atoms with Gasteiger partial charge in [0.2, 0.25) is 0 Å². The maximum absolute atomic E-state index is 12.0. The van der Waals surface area contributed by atoms with Crippen LogP contribution in [0.2, 0.25) is 0 Å². The van der Waals surface area contributed by atoms with Gasteiger partial charge in [0.25, 0.3) is 5.91 Å². The third kappa shape index (κ3) is 6.00. The Kier molecular flexibility index (Phi) is 7.63. The lowest BCUT2D eigenvalue weighted by atomic mass is 10.1. The van der Waals surface area contributed by atoms with E-state index in [1.54, 1.807) is 30.3 Å². The molecule has 0 radical (unpaired) electrons. The zero-order valence-corrected chi connectivity index (χ0v) is 15.4. The van der Waals surface area contributed by atoms with Gasteiger partial charge in [-0.3, -0.25) is 4.79 Å². The van der Waals surface area contributed by atoms with Gasteiger partial charge in [0, 0.05) is 11.8 Å². The van der Waals surface area contributed by atoms with E-state index in [0.29, 0.717) is 41.5 Å². The van der Waals surface area contributed by atoms with Crippen LogP contribution in [0.4, 0.5) is 5.69 Å². The predicted octanol–water partition coefficient (Wildman–Crippen LogP) is 2.77. The summed E-state index contributed by atoms with van der Waals surface area (Å²) in [5, 5.41) is 11.6. The number of amides is 1. The minimum atomic E-state index is -0.615. The van der Waals surface area contributed by atoms with E-state index in [-0.39, 0.29) is 6.61 Å². The molecule has 2 rings (SSSR count). The molecule has 0 saturated carbocycles. The summed E-state index contributed by atoms with van der Waals surface area (Å²) in [6, 6.07) is 11.3. The van der Waals surface area contributed by atoms with Gasteiger partial charge in [-0.1, -0.05) is 12.1 Å². The summed E-state index contributed by atoms with van der Waals surface area (Å²) in [6.07, 6.45) is 0. The molecule has 2 aromatic carbocycles. The van der Waals surface area contributed by atoms with Crippen LogP contribution in [0, 0.1) is 0 Å². The van der Waals surface area contributed by atoms with Gasteiger partial charge >= 0.3 is 5.97 Å². The van der Waals surface area contributed by atoms with Crippen LogP contribution in [0.15, 0.2) is 42.5 Å². The van der Waals surface area contributed by atoms with Gasteiger partial charge in [-0.05, 0) is 43.7 Å². The fourth-order valence-electron chi connectivity index (χ4n) is 2.29. The van der Waals surface area contributed by atoms with E-state index in [0.717, 1.165) is 0 Å². The van der Waals surface area contributed by atoms with Gasteiger partial charge < -0.3 is 24.6 Å². The molecule has 0 fully saturated rings. The number of hydrogen-bond donors (Lipinski definition) is 2. The molecular formula is C20H23NO6. The van der Waals surface area contributed by atoms with Crippen molar-refractivity contribution in [1.29, 1.82) is 0 Å². The van der Waals surface area contributed by atoms with Crippen LogP contribution in [0.5, 0.6) is 11.5 Å². The molecule has 0 atom stereocenters. The van der Waals surface area contributed by atoms with Crippen molar-refractivity contribution in [3.05, 3.63) is 53.6 Å². The number of carbonyl (C=O) groups excluding carboxylic acids is 2. The summed E-state index contributed by atoms with van der Waals surface area (Å²) >= 11 is 0. The van der Waals surface area contributed by atoms with Crippen molar-refractivity contribution in [2.24, 2.45) is 0 Å². The number of nitrogens with one attached hydrogen (secondary N) is 1. The Balaban J connectivity index is 1.92. The first-order valence-electron chi connectivity index (χ1n) is 8.63. The first-order valence-corrected chi connectivity index (χ1v) is 8.63. The smallest absolute Gasteiger partial charge is 0.338 e. The molecule has 27 heavy (non-hydrogen) atoms. The molecule has 0 bridgehead atoms. The lowest BCUT2D eigenvalue weighted by Crippen LogP contribution is -2.21. The molecule has 7 nitrogen and oxygen atoms in total. The van der Waals surface area contributed by atoms with Gasteiger partial charge in [-0.25, -0.2) is 4.79 Å². The average Bonchev–Trinajstić information content (AvgIpc) is 2.68. The maximum atomic E-state index is 12.0. The number of esters is 1. The standard InChI is InChI=1S/C20H23NO6/c1-3-25-17-10-9-16(11-18(17)26-4-2)21-19(23)13-27-20(24)15-7-5-14(12-22)6-8-15/h5-11,22H,3-4,12-13H2,1-2H3,(H,21,23). The summed E-state index contributed by atoms with van der Waals surface area (Å²) in [7, 11) is 0. The maximum Gasteiger partial charge on any atom is 0.338 e. The molecule has 0 aliphatic heterocycles. The zero-order chi connectivity index (χ0) is 19.6. The molecule has 0 spiro atoms.